The van der Waals surface area contributed by atoms with Crippen molar-refractivity contribution in [1.29, 1.82) is 0 Å². The van der Waals surface area contributed by atoms with Crippen LogP contribution >= 0.6 is 0 Å². The van der Waals surface area contributed by atoms with Crippen molar-refractivity contribution in [3.8, 4) is 0 Å². The van der Waals surface area contributed by atoms with Gasteiger partial charge in [-0.05, 0) is 64.2 Å². The Morgan fingerprint density at radius 3 is 1.14 bits per heavy atom. The van der Waals surface area contributed by atoms with E-state index in [-0.39, 0.29) is 18.9 Å². The third-order valence-electron chi connectivity index (χ3n) is 17.2. The molecule has 3 saturated heterocycles. The van der Waals surface area contributed by atoms with Crippen LogP contribution in [0.4, 0.5) is 0 Å². The van der Waals surface area contributed by atoms with Gasteiger partial charge in [-0.3, -0.25) is 4.79 Å². The van der Waals surface area contributed by atoms with Crippen molar-refractivity contribution in [3.63, 3.8) is 0 Å². The average molecular weight is 1290 g/mol. The average Bonchev–Trinajstić information content (AvgIpc) is 0.883. The molecule has 0 saturated carbocycles. The topological polar surface area (TPSA) is 307 Å². The molecule has 3 aliphatic heterocycles. The molecule has 19 heteroatoms. The lowest BCUT2D eigenvalue weighted by molar-refractivity contribution is -0.379. The number of amides is 1. The molecule has 3 heterocycles. The second-order valence-corrected chi connectivity index (χ2v) is 25.0. The van der Waals surface area contributed by atoms with Gasteiger partial charge in [0.15, 0.2) is 18.9 Å². The molecule has 0 aliphatic carbocycles. The van der Waals surface area contributed by atoms with Gasteiger partial charge in [-0.2, -0.15) is 0 Å². The Morgan fingerprint density at radius 2 is 0.747 bits per heavy atom. The number of ether oxygens (including phenoxy) is 6. The Labute approximate surface area is 546 Å². The highest BCUT2D eigenvalue weighted by Crippen LogP contribution is 2.33. The van der Waals surface area contributed by atoms with Gasteiger partial charge in [-0.25, -0.2) is 0 Å². The zero-order valence-corrected chi connectivity index (χ0v) is 55.5. The van der Waals surface area contributed by atoms with E-state index >= 15 is 0 Å². The summed E-state index contributed by atoms with van der Waals surface area (Å²) in [4.78, 5) is 13.4. The summed E-state index contributed by atoms with van der Waals surface area (Å²) in [7, 11) is 0. The van der Waals surface area contributed by atoms with Gasteiger partial charge in [0.25, 0.3) is 0 Å². The van der Waals surface area contributed by atoms with E-state index in [4.69, 9.17) is 28.4 Å². The highest BCUT2D eigenvalue weighted by atomic mass is 16.8. The zero-order valence-electron chi connectivity index (χ0n) is 55.5. The number of aliphatic hydroxyl groups excluding tert-OH is 11. The minimum atomic E-state index is -1.98. The number of aliphatic hydroxyl groups is 11. The highest BCUT2D eigenvalue weighted by Gasteiger charge is 2.53. The van der Waals surface area contributed by atoms with Crippen molar-refractivity contribution >= 4 is 5.91 Å². The van der Waals surface area contributed by atoms with Crippen LogP contribution in [-0.4, -0.2) is 193 Å². The molecule has 17 atom stereocenters. The summed E-state index contributed by atoms with van der Waals surface area (Å²) in [5.74, 6) is -0.301. The molecule has 0 bridgehead atoms. The number of unbranched alkanes of at least 4 members (excludes halogenated alkanes) is 23. The fraction of sp³-hybridized carbons (Fsp3) is 0.792. The molecule has 0 radical (unpaired) electrons. The molecule has 3 fully saturated rings. The first-order valence-electron chi connectivity index (χ1n) is 35.3. The molecule has 0 aromatic heterocycles. The number of carbonyl (C=O) groups is 1. The molecule has 3 rings (SSSR count). The predicted octanol–water partition coefficient (Wildman–Crippen LogP) is 9.49. The first-order valence-corrected chi connectivity index (χ1v) is 35.3. The standard InChI is InChI=1S/C72H125NO18/c1-3-5-7-9-11-13-15-17-19-21-23-25-27-29-31-33-35-37-39-41-43-45-47-49-56(77)55(73-60(78)50-48-46-44-42-40-38-36-34-32-30-28-26-24-22-20-18-16-14-12-10-8-6-4-2)54-86-70-66(84)63(81)68(58(52-75)88-70)91-72-67(85)64(82)69(59(53-76)89-72)90-71-65(83)62(80)61(79)57(51-74)87-71/h6,8,12,14,18,20,24,26,30,32,36,38,42,44,55-59,61-72,74-77,79-85H,3-5,7,9-11,13,15-17,19,21-23,25,27-29,31,33-35,37,39-41,43,45-54H2,1-2H3,(H,73,78)/b8-6-,14-12-,20-18-,26-24-,32-30-,38-36-,44-42-. The molecule has 0 spiro atoms. The van der Waals surface area contributed by atoms with Crippen LogP contribution < -0.4 is 5.32 Å². The summed E-state index contributed by atoms with van der Waals surface area (Å²) in [5.41, 5.74) is 0. The minimum absolute atomic E-state index is 0.182. The molecule has 0 aromatic carbocycles. The Kier molecular flexibility index (Phi) is 48.0. The first kappa shape index (κ1) is 82.2. The van der Waals surface area contributed by atoms with Crippen LogP contribution in [0.3, 0.4) is 0 Å². The molecule has 17 unspecified atom stereocenters. The summed E-state index contributed by atoms with van der Waals surface area (Å²) in [6.07, 6.45) is 40.9. The molecule has 19 nitrogen and oxygen atoms in total. The van der Waals surface area contributed by atoms with E-state index in [1.165, 1.54) is 122 Å². The molecule has 3 aliphatic rings. The maximum absolute atomic E-state index is 13.4. The fourth-order valence-corrected chi connectivity index (χ4v) is 11.5. The van der Waals surface area contributed by atoms with Gasteiger partial charge >= 0.3 is 0 Å². The van der Waals surface area contributed by atoms with Gasteiger partial charge in [0, 0.05) is 6.42 Å². The normalized spacial score (nSPS) is 28.4. The van der Waals surface area contributed by atoms with Gasteiger partial charge in [-0.15, -0.1) is 0 Å². The Bertz CT molecular complexity index is 1980. The van der Waals surface area contributed by atoms with Crippen LogP contribution in [0, 0.1) is 0 Å². The van der Waals surface area contributed by atoms with E-state index in [9.17, 15) is 61.0 Å². The smallest absolute Gasteiger partial charge is 0.220 e. The minimum Gasteiger partial charge on any atom is -0.394 e. The largest absolute Gasteiger partial charge is 0.394 e. The van der Waals surface area contributed by atoms with Gasteiger partial charge in [0.2, 0.25) is 5.91 Å². The monoisotopic (exact) mass is 1290 g/mol. The predicted molar refractivity (Wildman–Crippen MR) is 355 cm³/mol. The van der Waals surface area contributed by atoms with E-state index in [0.717, 1.165) is 64.2 Å². The maximum Gasteiger partial charge on any atom is 0.220 e. The van der Waals surface area contributed by atoms with Gasteiger partial charge in [0.05, 0.1) is 38.6 Å². The SMILES string of the molecule is CC/C=C\C/C=C\C/C=C\C/C=C\C/C=C\C/C=C\C/C=C\CCCC(=O)NC(COC1OC(CO)C(OC2OC(CO)C(OC3OC(CO)C(O)C(O)C3O)C(O)C2O)C(O)C1O)C(O)CCCCCCCCCCCCCCCCCCCCCCCCC. The number of hydrogen-bond acceptors (Lipinski definition) is 18. The first-order chi connectivity index (χ1) is 44.3. The fourth-order valence-electron chi connectivity index (χ4n) is 11.5. The summed E-state index contributed by atoms with van der Waals surface area (Å²) < 4.78 is 34.4. The Balaban J connectivity index is 1.46. The lowest BCUT2D eigenvalue weighted by Gasteiger charge is -2.48. The number of allylic oxidation sites excluding steroid dienone is 14. The third kappa shape index (κ3) is 35.0. The van der Waals surface area contributed by atoms with Crippen LogP contribution in [0.2, 0.25) is 0 Å². The van der Waals surface area contributed by atoms with Crippen LogP contribution in [0.15, 0.2) is 85.1 Å². The van der Waals surface area contributed by atoms with Crippen LogP contribution in [0.25, 0.3) is 0 Å². The molecule has 526 valence electrons. The highest BCUT2D eigenvalue weighted by molar-refractivity contribution is 5.76. The molecule has 91 heavy (non-hydrogen) atoms. The second-order valence-electron chi connectivity index (χ2n) is 25.0. The molecule has 12 N–H and O–H groups in total. The van der Waals surface area contributed by atoms with Crippen LogP contribution in [-0.2, 0) is 33.2 Å². The molecular formula is C72H125NO18. The number of hydrogen-bond donors (Lipinski definition) is 12. The lowest BCUT2D eigenvalue weighted by Crippen LogP contribution is -2.66. The maximum atomic E-state index is 13.4. The third-order valence-corrected chi connectivity index (χ3v) is 17.2. The summed E-state index contributed by atoms with van der Waals surface area (Å²) in [5, 5.41) is 121. The second kappa shape index (κ2) is 53.2. The quantitative estimate of drug-likeness (QED) is 0.0199. The van der Waals surface area contributed by atoms with Gasteiger partial charge in [0.1, 0.15) is 73.2 Å². The summed E-state index contributed by atoms with van der Waals surface area (Å²) >= 11 is 0. The molecular weight excluding hydrogens is 1170 g/mol. The van der Waals surface area contributed by atoms with Gasteiger partial charge in [-0.1, -0.05) is 247 Å². The Morgan fingerprint density at radius 1 is 0.407 bits per heavy atom. The number of nitrogens with one attached hydrogen (secondary N) is 1. The van der Waals surface area contributed by atoms with Crippen molar-refractivity contribution in [2.45, 2.75) is 336 Å². The van der Waals surface area contributed by atoms with E-state index in [1.807, 2.05) is 6.08 Å². The van der Waals surface area contributed by atoms with E-state index in [0.29, 0.717) is 25.7 Å². The van der Waals surface area contributed by atoms with E-state index in [2.05, 4.69) is 98.2 Å². The van der Waals surface area contributed by atoms with E-state index < -0.39 is 124 Å². The van der Waals surface area contributed by atoms with Crippen molar-refractivity contribution in [3.05, 3.63) is 85.1 Å². The number of carbonyl (C=O) groups excluding carboxylic acids is 1. The Hall–Kier alpha value is -3.03. The van der Waals surface area contributed by atoms with Crippen molar-refractivity contribution in [2.24, 2.45) is 0 Å². The van der Waals surface area contributed by atoms with E-state index in [1.54, 1.807) is 0 Å². The number of rotatable bonds is 53. The van der Waals surface area contributed by atoms with Crippen molar-refractivity contribution in [2.75, 3.05) is 26.4 Å². The van der Waals surface area contributed by atoms with Crippen molar-refractivity contribution < 1.29 is 89.4 Å². The molecule has 1 amide bonds. The lowest BCUT2D eigenvalue weighted by atomic mass is 9.96. The summed E-state index contributed by atoms with van der Waals surface area (Å²) in [6, 6.07) is -0.925. The van der Waals surface area contributed by atoms with Crippen LogP contribution in [0.1, 0.15) is 232 Å². The zero-order chi connectivity index (χ0) is 66.1. The molecule has 0 aromatic rings. The van der Waals surface area contributed by atoms with Crippen LogP contribution in [0.5, 0.6) is 0 Å². The van der Waals surface area contributed by atoms with Crippen molar-refractivity contribution in [1.82, 2.24) is 5.32 Å². The van der Waals surface area contributed by atoms with Gasteiger partial charge < -0.3 is 89.9 Å². The summed E-state index contributed by atoms with van der Waals surface area (Å²) in [6.45, 7) is 1.65.